The smallest absolute Gasteiger partial charge is 0.304 e. The van der Waals surface area contributed by atoms with Crippen LogP contribution in [0.1, 0.15) is 23.2 Å². The zero-order chi connectivity index (χ0) is 14.5. The molecule has 1 saturated heterocycles. The van der Waals surface area contributed by atoms with E-state index < -0.39 is 10.8 Å². The second-order valence-electron chi connectivity index (χ2n) is 4.77. The number of nitrogens with two attached hydrogens (primary N) is 1. The summed E-state index contributed by atoms with van der Waals surface area (Å²) < 4.78 is 5.25. The highest BCUT2D eigenvalue weighted by Crippen LogP contribution is 2.25. The van der Waals surface area contributed by atoms with E-state index in [0.29, 0.717) is 19.1 Å². The summed E-state index contributed by atoms with van der Waals surface area (Å²) in [5.74, 6) is -0.0194. The van der Waals surface area contributed by atoms with E-state index in [1.165, 1.54) is 18.2 Å². The molecule has 0 saturated carbocycles. The molecule has 1 heterocycles. The first-order chi connectivity index (χ1) is 9.59. The van der Waals surface area contributed by atoms with Crippen molar-refractivity contribution < 1.29 is 14.5 Å². The fourth-order valence-electron chi connectivity index (χ4n) is 2.24. The minimum Gasteiger partial charge on any atom is -0.393 e. The monoisotopic (exact) mass is 279 g/mol. The Bertz CT molecular complexity index is 512. The zero-order valence-electron chi connectivity index (χ0n) is 11.0. The van der Waals surface area contributed by atoms with E-state index in [-0.39, 0.29) is 16.9 Å². The highest BCUT2D eigenvalue weighted by atomic mass is 16.6. The Morgan fingerprint density at radius 2 is 2.35 bits per heavy atom. The number of benzene rings is 1. The molecule has 2 rings (SSSR count). The lowest BCUT2D eigenvalue weighted by molar-refractivity contribution is -0.384. The zero-order valence-corrected chi connectivity index (χ0v) is 11.0. The van der Waals surface area contributed by atoms with Gasteiger partial charge in [-0.25, -0.2) is 0 Å². The van der Waals surface area contributed by atoms with Gasteiger partial charge in [-0.15, -0.1) is 0 Å². The third-order valence-corrected chi connectivity index (χ3v) is 3.36. The lowest BCUT2D eigenvalue weighted by atomic mass is 10.1. The Labute approximate surface area is 116 Å². The van der Waals surface area contributed by atoms with Gasteiger partial charge in [-0.3, -0.25) is 14.9 Å². The maximum absolute atomic E-state index is 12.0. The molecule has 1 aromatic carbocycles. The quantitative estimate of drug-likeness (QED) is 0.480. The molecule has 1 atom stereocenters. The molecule has 20 heavy (non-hydrogen) atoms. The van der Waals surface area contributed by atoms with Gasteiger partial charge in [-0.05, 0) is 30.9 Å². The standard InChI is InChI=1S/C13H17N3O4/c14-11-3-1-2-10(12(11)16(18)19)13(17)15-6-4-9-5-7-20-8-9/h1-3,9H,4-8,14H2,(H,15,17). The Hall–Kier alpha value is -2.15. The van der Waals surface area contributed by atoms with Gasteiger partial charge in [0.1, 0.15) is 11.3 Å². The molecule has 1 amide bonds. The lowest BCUT2D eigenvalue weighted by Crippen LogP contribution is -2.27. The van der Waals surface area contributed by atoms with Crippen LogP contribution in [0.3, 0.4) is 0 Å². The van der Waals surface area contributed by atoms with Crippen molar-refractivity contribution in [2.24, 2.45) is 5.92 Å². The normalized spacial score (nSPS) is 17.9. The van der Waals surface area contributed by atoms with E-state index in [1.54, 1.807) is 0 Å². The second kappa shape index (κ2) is 6.33. The van der Waals surface area contributed by atoms with Crippen molar-refractivity contribution in [3.8, 4) is 0 Å². The van der Waals surface area contributed by atoms with Crippen molar-refractivity contribution in [1.82, 2.24) is 5.32 Å². The summed E-state index contributed by atoms with van der Waals surface area (Å²) in [7, 11) is 0. The average molecular weight is 279 g/mol. The highest BCUT2D eigenvalue weighted by Gasteiger charge is 2.23. The Balaban J connectivity index is 1.98. The first-order valence-corrected chi connectivity index (χ1v) is 6.48. The summed E-state index contributed by atoms with van der Waals surface area (Å²) in [5, 5.41) is 13.7. The summed E-state index contributed by atoms with van der Waals surface area (Å²) in [6.07, 6.45) is 1.80. The number of carbonyl (C=O) groups is 1. The van der Waals surface area contributed by atoms with Gasteiger partial charge in [0.05, 0.1) is 4.92 Å². The molecule has 0 aliphatic carbocycles. The van der Waals surface area contributed by atoms with Crippen LogP contribution in [0.25, 0.3) is 0 Å². The number of nitrogen functional groups attached to an aromatic ring is 1. The maximum atomic E-state index is 12.0. The van der Waals surface area contributed by atoms with E-state index in [1.807, 2.05) is 0 Å². The van der Waals surface area contributed by atoms with Crippen molar-refractivity contribution in [3.05, 3.63) is 33.9 Å². The fourth-order valence-corrected chi connectivity index (χ4v) is 2.24. The van der Waals surface area contributed by atoms with Gasteiger partial charge in [0, 0.05) is 19.8 Å². The molecular weight excluding hydrogens is 262 g/mol. The molecule has 1 unspecified atom stereocenters. The Morgan fingerprint density at radius 1 is 1.55 bits per heavy atom. The first kappa shape index (κ1) is 14.3. The average Bonchev–Trinajstić information content (AvgIpc) is 2.91. The van der Waals surface area contributed by atoms with Crippen LogP contribution >= 0.6 is 0 Å². The van der Waals surface area contributed by atoms with E-state index in [9.17, 15) is 14.9 Å². The molecule has 1 aliphatic rings. The van der Waals surface area contributed by atoms with Crippen molar-refractivity contribution in [3.63, 3.8) is 0 Å². The minimum absolute atomic E-state index is 0.00216. The van der Waals surface area contributed by atoms with Crippen LogP contribution < -0.4 is 11.1 Å². The van der Waals surface area contributed by atoms with Crippen molar-refractivity contribution in [2.45, 2.75) is 12.8 Å². The summed E-state index contributed by atoms with van der Waals surface area (Å²) in [5.41, 5.74) is 5.20. The molecule has 1 fully saturated rings. The number of rotatable bonds is 5. The molecule has 108 valence electrons. The number of anilines is 1. The van der Waals surface area contributed by atoms with Crippen molar-refractivity contribution in [1.29, 1.82) is 0 Å². The highest BCUT2D eigenvalue weighted by molar-refractivity contribution is 6.00. The van der Waals surface area contributed by atoms with Gasteiger partial charge >= 0.3 is 5.69 Å². The summed E-state index contributed by atoms with van der Waals surface area (Å²) in [6.45, 7) is 1.95. The first-order valence-electron chi connectivity index (χ1n) is 6.48. The second-order valence-corrected chi connectivity index (χ2v) is 4.77. The topological polar surface area (TPSA) is 107 Å². The van der Waals surface area contributed by atoms with Crippen LogP contribution in [0.5, 0.6) is 0 Å². The molecule has 0 aromatic heterocycles. The van der Waals surface area contributed by atoms with Crippen LogP contribution in [-0.2, 0) is 4.74 Å². The van der Waals surface area contributed by atoms with E-state index >= 15 is 0 Å². The number of nitrogens with one attached hydrogen (secondary N) is 1. The van der Waals surface area contributed by atoms with Crippen LogP contribution in [0.15, 0.2) is 18.2 Å². The van der Waals surface area contributed by atoms with Crippen molar-refractivity contribution in [2.75, 3.05) is 25.5 Å². The Morgan fingerprint density at radius 3 is 3.00 bits per heavy atom. The Kier molecular flexibility index (Phi) is 4.52. The third kappa shape index (κ3) is 3.24. The molecule has 0 bridgehead atoms. The van der Waals surface area contributed by atoms with E-state index in [4.69, 9.17) is 10.5 Å². The van der Waals surface area contributed by atoms with Crippen LogP contribution in [0, 0.1) is 16.0 Å². The van der Waals surface area contributed by atoms with Gasteiger partial charge in [0.2, 0.25) is 0 Å². The molecular formula is C13H17N3O4. The van der Waals surface area contributed by atoms with E-state index in [2.05, 4.69) is 5.32 Å². The number of carbonyl (C=O) groups excluding carboxylic acids is 1. The molecule has 1 aromatic rings. The predicted octanol–water partition coefficient (Wildman–Crippen LogP) is 1.33. The minimum atomic E-state index is -0.630. The third-order valence-electron chi connectivity index (χ3n) is 3.36. The molecule has 7 nitrogen and oxygen atoms in total. The SMILES string of the molecule is Nc1cccc(C(=O)NCCC2CCOC2)c1[N+](=O)[O-]. The van der Waals surface area contributed by atoms with Gasteiger partial charge in [-0.1, -0.05) is 6.07 Å². The molecule has 3 N–H and O–H groups in total. The van der Waals surface area contributed by atoms with Gasteiger partial charge in [0.25, 0.3) is 5.91 Å². The molecule has 1 aliphatic heterocycles. The fraction of sp³-hybridized carbons (Fsp3) is 0.462. The lowest BCUT2D eigenvalue weighted by Gasteiger charge is -2.09. The number of hydrogen-bond donors (Lipinski definition) is 2. The van der Waals surface area contributed by atoms with Crippen LogP contribution in [0.2, 0.25) is 0 Å². The van der Waals surface area contributed by atoms with Crippen LogP contribution in [0.4, 0.5) is 11.4 Å². The maximum Gasteiger partial charge on any atom is 0.304 e. The summed E-state index contributed by atoms with van der Waals surface area (Å²) in [6, 6.07) is 4.34. The number of ether oxygens (including phenoxy) is 1. The van der Waals surface area contributed by atoms with E-state index in [0.717, 1.165) is 19.4 Å². The summed E-state index contributed by atoms with van der Waals surface area (Å²) in [4.78, 5) is 22.3. The van der Waals surface area contributed by atoms with Crippen LogP contribution in [-0.4, -0.2) is 30.6 Å². The van der Waals surface area contributed by atoms with Crippen molar-refractivity contribution >= 4 is 17.3 Å². The number of nitro groups is 1. The van der Waals surface area contributed by atoms with Gasteiger partial charge in [0.15, 0.2) is 0 Å². The number of amides is 1. The molecule has 0 radical (unpaired) electrons. The van der Waals surface area contributed by atoms with Gasteiger partial charge in [-0.2, -0.15) is 0 Å². The number of para-hydroxylation sites is 1. The number of nitrogens with zero attached hydrogens (tertiary/aromatic N) is 1. The van der Waals surface area contributed by atoms with Gasteiger partial charge < -0.3 is 15.8 Å². The number of hydrogen-bond acceptors (Lipinski definition) is 5. The molecule has 7 heteroatoms. The molecule has 0 spiro atoms. The largest absolute Gasteiger partial charge is 0.393 e. The predicted molar refractivity (Wildman–Crippen MR) is 73.4 cm³/mol. The number of nitro benzene ring substituents is 1. The summed E-state index contributed by atoms with van der Waals surface area (Å²) >= 11 is 0.